The van der Waals surface area contributed by atoms with Gasteiger partial charge < -0.3 is 10.1 Å². The summed E-state index contributed by atoms with van der Waals surface area (Å²) in [4.78, 5) is 13.1. The molecule has 0 radical (unpaired) electrons. The minimum atomic E-state index is 0.0859. The summed E-state index contributed by atoms with van der Waals surface area (Å²) in [6.07, 6.45) is 1.45. The fraction of sp³-hybridized carbons (Fsp3) is 0.381. The standard InChI is InChI=1S/C21H27NO2S/c1-17-9-11-20(12-10-17)25-16-13-21(23)22-14-6-15-24-18(2)19-7-4-3-5-8-19/h3-5,7-12,18H,6,13-16H2,1-2H3,(H,22,23). The first-order valence-electron chi connectivity index (χ1n) is 8.78. The predicted octanol–water partition coefficient (Wildman–Crippen LogP) is 4.76. The molecule has 0 saturated carbocycles. The van der Waals surface area contributed by atoms with E-state index >= 15 is 0 Å². The maximum atomic E-state index is 11.8. The predicted molar refractivity (Wildman–Crippen MR) is 105 cm³/mol. The Morgan fingerprint density at radius 1 is 1.12 bits per heavy atom. The van der Waals surface area contributed by atoms with E-state index in [2.05, 4.69) is 55.6 Å². The zero-order valence-electron chi connectivity index (χ0n) is 15.0. The van der Waals surface area contributed by atoms with Crippen LogP contribution in [0.5, 0.6) is 0 Å². The summed E-state index contributed by atoms with van der Waals surface area (Å²) >= 11 is 1.72. The second-order valence-corrected chi connectivity index (χ2v) is 7.21. The van der Waals surface area contributed by atoms with Gasteiger partial charge in [0.1, 0.15) is 0 Å². The largest absolute Gasteiger partial charge is 0.374 e. The van der Waals surface area contributed by atoms with Crippen LogP contribution in [0, 0.1) is 6.92 Å². The number of hydrogen-bond acceptors (Lipinski definition) is 3. The van der Waals surface area contributed by atoms with Crippen molar-refractivity contribution in [2.45, 2.75) is 37.7 Å². The molecule has 134 valence electrons. The summed E-state index contributed by atoms with van der Waals surface area (Å²) in [6, 6.07) is 18.6. The molecule has 0 fully saturated rings. The average molecular weight is 358 g/mol. The van der Waals surface area contributed by atoms with Crippen molar-refractivity contribution in [1.82, 2.24) is 5.32 Å². The topological polar surface area (TPSA) is 38.3 Å². The lowest BCUT2D eigenvalue weighted by molar-refractivity contribution is -0.120. The highest BCUT2D eigenvalue weighted by molar-refractivity contribution is 7.99. The average Bonchev–Trinajstić information content (AvgIpc) is 2.63. The van der Waals surface area contributed by atoms with Crippen molar-refractivity contribution >= 4 is 17.7 Å². The molecule has 2 aromatic rings. The van der Waals surface area contributed by atoms with Crippen LogP contribution in [-0.2, 0) is 9.53 Å². The van der Waals surface area contributed by atoms with Crippen LogP contribution in [0.4, 0.5) is 0 Å². The number of carbonyl (C=O) groups is 1. The third kappa shape index (κ3) is 7.76. The maximum absolute atomic E-state index is 11.8. The molecular weight excluding hydrogens is 330 g/mol. The molecule has 25 heavy (non-hydrogen) atoms. The molecule has 1 atom stereocenters. The van der Waals surface area contributed by atoms with Crippen LogP contribution in [0.1, 0.15) is 37.0 Å². The first-order valence-corrected chi connectivity index (χ1v) is 9.76. The molecule has 1 amide bonds. The van der Waals surface area contributed by atoms with E-state index < -0.39 is 0 Å². The van der Waals surface area contributed by atoms with Gasteiger partial charge in [-0.05, 0) is 38.0 Å². The fourth-order valence-corrected chi connectivity index (χ4v) is 3.22. The van der Waals surface area contributed by atoms with Gasteiger partial charge in [0.25, 0.3) is 0 Å². The minimum absolute atomic E-state index is 0.0859. The van der Waals surface area contributed by atoms with Crippen LogP contribution in [0.25, 0.3) is 0 Å². The Morgan fingerprint density at radius 3 is 2.56 bits per heavy atom. The second-order valence-electron chi connectivity index (χ2n) is 6.04. The summed E-state index contributed by atoms with van der Waals surface area (Å²) in [5.41, 5.74) is 2.44. The summed E-state index contributed by atoms with van der Waals surface area (Å²) < 4.78 is 5.80. The Bertz CT molecular complexity index is 628. The van der Waals surface area contributed by atoms with Gasteiger partial charge in [0.15, 0.2) is 0 Å². The summed E-state index contributed by atoms with van der Waals surface area (Å²) in [5, 5.41) is 2.96. The van der Waals surface area contributed by atoms with Crippen molar-refractivity contribution in [1.29, 1.82) is 0 Å². The molecule has 0 aliphatic rings. The van der Waals surface area contributed by atoms with Crippen molar-refractivity contribution < 1.29 is 9.53 Å². The summed E-state index contributed by atoms with van der Waals surface area (Å²) in [6.45, 7) is 5.44. The van der Waals surface area contributed by atoms with Gasteiger partial charge >= 0.3 is 0 Å². The van der Waals surface area contributed by atoms with Crippen LogP contribution in [0.15, 0.2) is 59.5 Å². The highest BCUT2D eigenvalue weighted by Crippen LogP contribution is 2.19. The van der Waals surface area contributed by atoms with Gasteiger partial charge in [-0.15, -0.1) is 11.8 Å². The number of nitrogens with one attached hydrogen (secondary N) is 1. The molecule has 4 heteroatoms. The molecule has 2 rings (SSSR count). The third-order valence-corrected chi connectivity index (χ3v) is 4.91. The van der Waals surface area contributed by atoms with Crippen molar-refractivity contribution in [3.63, 3.8) is 0 Å². The SMILES string of the molecule is Cc1ccc(SCCC(=O)NCCCOC(C)c2ccccc2)cc1. The molecule has 0 aromatic heterocycles. The van der Waals surface area contributed by atoms with E-state index in [4.69, 9.17) is 4.74 Å². The highest BCUT2D eigenvalue weighted by atomic mass is 32.2. The van der Waals surface area contributed by atoms with Crippen LogP contribution >= 0.6 is 11.8 Å². The number of ether oxygens (including phenoxy) is 1. The normalized spacial score (nSPS) is 11.9. The smallest absolute Gasteiger partial charge is 0.220 e. The van der Waals surface area contributed by atoms with Gasteiger partial charge in [0.05, 0.1) is 6.10 Å². The van der Waals surface area contributed by atoms with Gasteiger partial charge in [-0.25, -0.2) is 0 Å². The molecule has 1 unspecified atom stereocenters. The first kappa shape index (κ1) is 19.5. The van der Waals surface area contributed by atoms with Crippen LogP contribution in [-0.4, -0.2) is 24.8 Å². The molecule has 0 aliphatic carbocycles. The number of rotatable bonds is 10. The molecular formula is C21H27NO2S. The van der Waals surface area contributed by atoms with E-state index in [1.807, 2.05) is 18.2 Å². The lowest BCUT2D eigenvalue weighted by Gasteiger charge is -2.13. The Labute approximate surface area is 155 Å². The molecule has 0 heterocycles. The van der Waals surface area contributed by atoms with E-state index in [0.29, 0.717) is 19.6 Å². The Kier molecular flexibility index (Phi) is 8.56. The second kappa shape index (κ2) is 11.0. The Hall–Kier alpha value is -1.78. The van der Waals surface area contributed by atoms with E-state index in [1.165, 1.54) is 16.0 Å². The van der Waals surface area contributed by atoms with E-state index in [0.717, 1.165) is 12.2 Å². The lowest BCUT2D eigenvalue weighted by Crippen LogP contribution is -2.25. The summed E-state index contributed by atoms with van der Waals surface area (Å²) in [5.74, 6) is 0.909. The van der Waals surface area contributed by atoms with Crippen molar-refractivity contribution in [2.75, 3.05) is 18.9 Å². The number of hydrogen-bond donors (Lipinski definition) is 1. The van der Waals surface area contributed by atoms with Gasteiger partial charge in [0, 0.05) is 30.2 Å². The molecule has 2 aromatic carbocycles. The van der Waals surface area contributed by atoms with Crippen molar-refractivity contribution in [2.24, 2.45) is 0 Å². The summed E-state index contributed by atoms with van der Waals surface area (Å²) in [7, 11) is 0. The van der Waals surface area contributed by atoms with E-state index in [1.54, 1.807) is 11.8 Å². The van der Waals surface area contributed by atoms with Crippen LogP contribution < -0.4 is 5.32 Å². The highest BCUT2D eigenvalue weighted by Gasteiger charge is 2.05. The van der Waals surface area contributed by atoms with Gasteiger partial charge in [0.2, 0.25) is 5.91 Å². The zero-order chi connectivity index (χ0) is 17.9. The number of aryl methyl sites for hydroxylation is 1. The van der Waals surface area contributed by atoms with E-state index in [9.17, 15) is 4.79 Å². The zero-order valence-corrected chi connectivity index (χ0v) is 15.9. The Morgan fingerprint density at radius 2 is 1.84 bits per heavy atom. The maximum Gasteiger partial charge on any atom is 0.220 e. The molecule has 1 N–H and O–H groups in total. The molecule has 0 bridgehead atoms. The molecule has 3 nitrogen and oxygen atoms in total. The van der Waals surface area contributed by atoms with Crippen molar-refractivity contribution in [3.8, 4) is 0 Å². The monoisotopic (exact) mass is 357 g/mol. The lowest BCUT2D eigenvalue weighted by atomic mass is 10.1. The number of carbonyl (C=O) groups excluding carboxylic acids is 1. The molecule has 0 spiro atoms. The molecule has 0 saturated heterocycles. The minimum Gasteiger partial charge on any atom is -0.374 e. The van der Waals surface area contributed by atoms with Crippen LogP contribution in [0.2, 0.25) is 0 Å². The van der Waals surface area contributed by atoms with Gasteiger partial charge in [-0.2, -0.15) is 0 Å². The number of benzene rings is 2. The third-order valence-electron chi connectivity index (χ3n) is 3.90. The number of amides is 1. The quantitative estimate of drug-likeness (QED) is 0.492. The fourth-order valence-electron chi connectivity index (χ4n) is 2.36. The number of thioether (sulfide) groups is 1. The molecule has 0 aliphatic heterocycles. The van der Waals surface area contributed by atoms with E-state index in [-0.39, 0.29) is 12.0 Å². The van der Waals surface area contributed by atoms with Crippen molar-refractivity contribution in [3.05, 3.63) is 65.7 Å². The van der Waals surface area contributed by atoms with Gasteiger partial charge in [-0.3, -0.25) is 4.79 Å². The van der Waals surface area contributed by atoms with Crippen LogP contribution in [0.3, 0.4) is 0 Å². The van der Waals surface area contributed by atoms with Gasteiger partial charge in [-0.1, -0.05) is 48.0 Å². The first-order chi connectivity index (χ1) is 12.1. The Balaban J connectivity index is 1.51.